The molecule has 1 saturated heterocycles. The number of thiazole rings is 1. The third-order valence-corrected chi connectivity index (χ3v) is 7.86. The van der Waals surface area contributed by atoms with Gasteiger partial charge in [-0.05, 0) is 70.9 Å². The molecule has 0 aliphatic carbocycles. The van der Waals surface area contributed by atoms with E-state index in [0.717, 1.165) is 4.70 Å². The van der Waals surface area contributed by atoms with E-state index in [1.54, 1.807) is 42.5 Å². The molecule has 3 aromatic carbocycles. The van der Waals surface area contributed by atoms with Crippen molar-refractivity contribution in [3.05, 3.63) is 75.8 Å². The van der Waals surface area contributed by atoms with Gasteiger partial charge in [0.15, 0.2) is 16.6 Å². The fourth-order valence-electron chi connectivity index (χ4n) is 4.43. The van der Waals surface area contributed by atoms with E-state index in [1.807, 2.05) is 13.0 Å². The van der Waals surface area contributed by atoms with Gasteiger partial charge in [-0.1, -0.05) is 23.5 Å². The van der Waals surface area contributed by atoms with Crippen molar-refractivity contribution in [2.45, 2.75) is 13.0 Å². The molecule has 1 fully saturated rings. The number of aromatic hydroxyl groups is 1. The minimum absolute atomic E-state index is 0.122. The highest BCUT2D eigenvalue weighted by Gasteiger charge is 2.48. The van der Waals surface area contributed by atoms with E-state index < -0.39 is 17.7 Å². The predicted molar refractivity (Wildman–Crippen MR) is 151 cm³/mol. The van der Waals surface area contributed by atoms with Crippen LogP contribution in [0, 0.1) is 0 Å². The van der Waals surface area contributed by atoms with Crippen LogP contribution in [0.3, 0.4) is 0 Å². The fraction of sp³-hybridized carbons (Fsp3) is 0.179. The Morgan fingerprint density at radius 1 is 1.08 bits per heavy atom. The summed E-state index contributed by atoms with van der Waals surface area (Å²) in [6.07, 6.45) is 0. The number of hydrogen-bond acceptors (Lipinski definition) is 9. The predicted octanol–water partition coefficient (Wildman–Crippen LogP) is 5.81. The Morgan fingerprint density at radius 2 is 1.87 bits per heavy atom. The highest BCUT2D eigenvalue weighted by atomic mass is 79.9. The SMILES string of the molecule is CCOc1ccc2nc(N3C(=O)C(=O)/C(=C(/O)c4cccc(OC)c4)C3c3cc(Br)c(O)c(OC)c3)sc2c1. The molecule has 1 atom stereocenters. The van der Waals surface area contributed by atoms with E-state index in [0.29, 0.717) is 34.7 Å². The summed E-state index contributed by atoms with van der Waals surface area (Å²) in [4.78, 5) is 33.0. The zero-order valence-corrected chi connectivity index (χ0v) is 23.5. The maximum Gasteiger partial charge on any atom is 0.301 e. The topological polar surface area (TPSA) is 118 Å². The number of halogens is 1. The number of phenols is 1. The smallest absolute Gasteiger partial charge is 0.301 e. The molecular weight excluding hydrogens is 588 g/mol. The van der Waals surface area contributed by atoms with Crippen LogP contribution < -0.4 is 19.1 Å². The molecule has 2 N–H and O–H groups in total. The standard InChI is InChI=1S/C28H23BrN2O7S/c1-4-38-17-8-9-19-21(13-17)39-28(30-19)31-23(15-11-18(29)25(33)20(12-15)37-3)22(26(34)27(31)35)24(32)14-6-5-7-16(10-14)36-2/h5-13,23,32-33H,4H2,1-3H3/b24-22+. The minimum Gasteiger partial charge on any atom is -0.507 e. The number of carbonyl (C=O) groups excluding carboxylic acids is 2. The molecule has 39 heavy (non-hydrogen) atoms. The van der Waals surface area contributed by atoms with Crippen molar-refractivity contribution in [1.29, 1.82) is 0 Å². The number of aliphatic hydroxyl groups excluding tert-OH is 1. The molecule has 1 aliphatic rings. The lowest BCUT2D eigenvalue weighted by Crippen LogP contribution is -2.29. The summed E-state index contributed by atoms with van der Waals surface area (Å²) in [5.74, 6) is -0.997. The van der Waals surface area contributed by atoms with Gasteiger partial charge in [0.05, 0.1) is 47.1 Å². The molecule has 1 amide bonds. The lowest BCUT2D eigenvalue weighted by atomic mass is 9.95. The van der Waals surface area contributed by atoms with Gasteiger partial charge in [0.25, 0.3) is 5.78 Å². The molecule has 11 heteroatoms. The zero-order chi connectivity index (χ0) is 27.8. The van der Waals surface area contributed by atoms with Crippen molar-refractivity contribution in [3.63, 3.8) is 0 Å². The number of benzene rings is 3. The van der Waals surface area contributed by atoms with E-state index in [2.05, 4.69) is 20.9 Å². The number of ether oxygens (including phenoxy) is 3. The van der Waals surface area contributed by atoms with E-state index >= 15 is 0 Å². The average Bonchev–Trinajstić information content (AvgIpc) is 3.47. The third kappa shape index (κ3) is 4.68. The van der Waals surface area contributed by atoms with Crippen LogP contribution in [0.4, 0.5) is 5.13 Å². The third-order valence-electron chi connectivity index (χ3n) is 6.24. The Bertz CT molecular complexity index is 1650. The number of aliphatic hydroxyl groups is 1. The molecule has 5 rings (SSSR count). The van der Waals surface area contributed by atoms with Crippen LogP contribution in [0.25, 0.3) is 16.0 Å². The molecule has 200 valence electrons. The van der Waals surface area contributed by atoms with Gasteiger partial charge in [0.1, 0.15) is 17.3 Å². The van der Waals surface area contributed by atoms with E-state index in [-0.39, 0.29) is 32.4 Å². The molecule has 4 aromatic rings. The number of methoxy groups -OCH3 is 2. The Hall–Kier alpha value is -4.09. The van der Waals surface area contributed by atoms with Crippen molar-refractivity contribution in [1.82, 2.24) is 4.98 Å². The van der Waals surface area contributed by atoms with Crippen molar-refractivity contribution >= 4 is 60.1 Å². The first kappa shape index (κ1) is 26.5. The number of phenolic OH excluding ortho intramolecular Hbond substituents is 1. The van der Waals surface area contributed by atoms with Crippen LogP contribution in [0.1, 0.15) is 24.1 Å². The lowest BCUT2D eigenvalue weighted by molar-refractivity contribution is -0.132. The molecule has 1 aromatic heterocycles. The number of rotatable bonds is 7. The number of carbonyl (C=O) groups is 2. The maximum atomic E-state index is 13.6. The number of anilines is 1. The molecule has 0 radical (unpaired) electrons. The Balaban J connectivity index is 1.74. The lowest BCUT2D eigenvalue weighted by Gasteiger charge is -2.24. The molecule has 0 bridgehead atoms. The number of ketones is 1. The molecular formula is C28H23BrN2O7S. The van der Waals surface area contributed by atoms with E-state index in [1.165, 1.54) is 36.5 Å². The summed E-state index contributed by atoms with van der Waals surface area (Å²) in [7, 11) is 2.88. The highest BCUT2D eigenvalue weighted by Crippen LogP contribution is 2.47. The first-order chi connectivity index (χ1) is 18.8. The van der Waals surface area contributed by atoms with Gasteiger partial charge in [-0.25, -0.2) is 4.98 Å². The van der Waals surface area contributed by atoms with Gasteiger partial charge < -0.3 is 24.4 Å². The molecule has 1 aliphatic heterocycles. The van der Waals surface area contributed by atoms with Crippen molar-refractivity contribution in [2.24, 2.45) is 0 Å². The van der Waals surface area contributed by atoms with Crippen LogP contribution in [-0.2, 0) is 9.59 Å². The number of amides is 1. The number of Topliss-reactive ketones (excluding diaryl/α,β-unsaturated/α-hetero) is 1. The second kappa shape index (κ2) is 10.6. The maximum absolute atomic E-state index is 13.6. The average molecular weight is 611 g/mol. The second-order valence-corrected chi connectivity index (χ2v) is 10.4. The number of fused-ring (bicyclic) bond motifs is 1. The monoisotopic (exact) mass is 610 g/mol. The van der Waals surface area contributed by atoms with Gasteiger partial charge in [-0.3, -0.25) is 14.5 Å². The second-order valence-electron chi connectivity index (χ2n) is 8.51. The summed E-state index contributed by atoms with van der Waals surface area (Å²) in [5.41, 5.74) is 1.20. The minimum atomic E-state index is -1.08. The summed E-state index contributed by atoms with van der Waals surface area (Å²) >= 11 is 4.54. The van der Waals surface area contributed by atoms with E-state index in [4.69, 9.17) is 14.2 Å². The summed E-state index contributed by atoms with van der Waals surface area (Å²) in [5, 5.41) is 22.1. The first-order valence-corrected chi connectivity index (χ1v) is 13.4. The molecule has 0 spiro atoms. The number of hydrogen-bond donors (Lipinski definition) is 2. The number of nitrogens with zero attached hydrogens (tertiary/aromatic N) is 2. The van der Waals surface area contributed by atoms with Crippen LogP contribution in [0.5, 0.6) is 23.0 Å². The summed E-state index contributed by atoms with van der Waals surface area (Å²) < 4.78 is 17.2. The zero-order valence-electron chi connectivity index (χ0n) is 21.1. The first-order valence-electron chi connectivity index (χ1n) is 11.8. The molecule has 1 unspecified atom stereocenters. The Kier molecular flexibility index (Phi) is 7.19. The Morgan fingerprint density at radius 3 is 2.59 bits per heavy atom. The van der Waals surface area contributed by atoms with Crippen LogP contribution in [0.2, 0.25) is 0 Å². The van der Waals surface area contributed by atoms with Gasteiger partial charge in [0, 0.05) is 5.56 Å². The van der Waals surface area contributed by atoms with Crippen LogP contribution >= 0.6 is 27.3 Å². The van der Waals surface area contributed by atoms with Crippen LogP contribution in [-0.4, -0.2) is 47.7 Å². The number of aromatic nitrogens is 1. The molecule has 9 nitrogen and oxygen atoms in total. The Labute approximate surface area is 236 Å². The molecule has 2 heterocycles. The highest BCUT2D eigenvalue weighted by molar-refractivity contribution is 9.10. The van der Waals surface area contributed by atoms with Crippen molar-refractivity contribution in [2.75, 3.05) is 25.7 Å². The van der Waals surface area contributed by atoms with E-state index in [9.17, 15) is 19.8 Å². The van der Waals surface area contributed by atoms with Gasteiger partial charge in [-0.15, -0.1) is 0 Å². The quantitative estimate of drug-likeness (QED) is 0.153. The summed E-state index contributed by atoms with van der Waals surface area (Å²) in [6, 6.07) is 14.0. The van der Waals surface area contributed by atoms with Gasteiger partial charge >= 0.3 is 5.91 Å². The van der Waals surface area contributed by atoms with Crippen LogP contribution in [0.15, 0.2) is 64.6 Å². The normalized spacial score (nSPS) is 16.6. The molecule has 0 saturated carbocycles. The largest absolute Gasteiger partial charge is 0.507 e. The van der Waals surface area contributed by atoms with Gasteiger partial charge in [0.2, 0.25) is 0 Å². The van der Waals surface area contributed by atoms with Crippen molar-refractivity contribution in [3.8, 4) is 23.0 Å². The van der Waals surface area contributed by atoms with Gasteiger partial charge in [-0.2, -0.15) is 0 Å². The fourth-order valence-corrected chi connectivity index (χ4v) is 5.91. The van der Waals surface area contributed by atoms with Crippen molar-refractivity contribution < 1.29 is 34.0 Å². The summed E-state index contributed by atoms with van der Waals surface area (Å²) in [6.45, 7) is 2.38.